The Hall–Kier alpha value is -2.51. The molecular weight excluding hydrogens is 362 g/mol. The maximum absolute atomic E-state index is 4.70. The van der Waals surface area contributed by atoms with E-state index in [0.29, 0.717) is 12.5 Å². The van der Waals surface area contributed by atoms with Crippen LogP contribution in [0.5, 0.6) is 0 Å². The van der Waals surface area contributed by atoms with Gasteiger partial charge in [-0.15, -0.1) is 0 Å². The molecule has 0 spiro atoms. The molecule has 4 aromatic rings. The van der Waals surface area contributed by atoms with Gasteiger partial charge in [-0.2, -0.15) is 0 Å². The fraction of sp³-hybridized carbons (Fsp3) is 0.211. The predicted octanol–water partition coefficient (Wildman–Crippen LogP) is 5.42. The van der Waals surface area contributed by atoms with E-state index in [-0.39, 0.29) is 0 Å². The van der Waals surface area contributed by atoms with E-state index in [4.69, 9.17) is 9.97 Å². The number of aliphatic imine (C=N–C) groups is 1. The first-order valence-electron chi connectivity index (χ1n) is 8.45. The van der Waals surface area contributed by atoms with Crippen LogP contribution in [-0.2, 0) is 0 Å². The maximum atomic E-state index is 4.70. The van der Waals surface area contributed by atoms with Gasteiger partial charge in [0.05, 0.1) is 20.4 Å². The number of nitrogens with zero attached hydrogens (tertiary/aromatic N) is 3. The molecular formula is C19H19N5S2. The lowest BCUT2D eigenvalue weighted by molar-refractivity contribution is 1.12. The number of thiazole rings is 2. The van der Waals surface area contributed by atoms with Crippen LogP contribution >= 0.6 is 22.7 Å². The summed E-state index contributed by atoms with van der Waals surface area (Å²) in [5, 5.41) is 8.28. The van der Waals surface area contributed by atoms with Gasteiger partial charge in [-0.05, 0) is 44.0 Å². The lowest BCUT2D eigenvalue weighted by atomic mass is 10.2. The summed E-state index contributed by atoms with van der Waals surface area (Å²) >= 11 is 3.25. The van der Waals surface area contributed by atoms with Crippen molar-refractivity contribution >= 4 is 59.3 Å². The topological polar surface area (TPSA) is 62.2 Å². The number of anilines is 2. The van der Waals surface area contributed by atoms with Gasteiger partial charge in [-0.3, -0.25) is 4.99 Å². The number of fused-ring (bicyclic) bond motifs is 2. The SMILES string of the molecule is CCN=C(Nc1nc2c(C)cccc2s1)Nc1nc2c(C)cccc2s1. The molecule has 2 heterocycles. The van der Waals surface area contributed by atoms with Gasteiger partial charge in [0.15, 0.2) is 10.3 Å². The van der Waals surface area contributed by atoms with E-state index in [0.717, 1.165) is 21.3 Å². The second kappa shape index (κ2) is 7.01. The molecule has 0 aliphatic heterocycles. The first-order chi connectivity index (χ1) is 12.6. The van der Waals surface area contributed by atoms with Crippen LogP contribution in [0, 0.1) is 13.8 Å². The summed E-state index contributed by atoms with van der Waals surface area (Å²) < 4.78 is 2.33. The molecule has 0 saturated carbocycles. The second-order valence-corrected chi connectivity index (χ2v) is 8.02. The summed E-state index contributed by atoms with van der Waals surface area (Å²) in [6.45, 7) is 6.83. The largest absolute Gasteiger partial charge is 0.302 e. The molecule has 7 heteroatoms. The second-order valence-electron chi connectivity index (χ2n) is 5.95. The van der Waals surface area contributed by atoms with Crippen LogP contribution in [-0.4, -0.2) is 22.5 Å². The van der Waals surface area contributed by atoms with Crippen molar-refractivity contribution in [3.05, 3.63) is 47.5 Å². The molecule has 0 radical (unpaired) electrons. The van der Waals surface area contributed by atoms with E-state index in [1.807, 2.05) is 6.92 Å². The zero-order valence-corrected chi connectivity index (χ0v) is 16.5. The number of rotatable bonds is 3. The summed E-state index contributed by atoms with van der Waals surface area (Å²) in [5.74, 6) is 0.668. The number of guanidine groups is 1. The van der Waals surface area contributed by atoms with E-state index in [1.165, 1.54) is 20.5 Å². The molecule has 0 amide bonds. The number of benzene rings is 2. The molecule has 2 aromatic carbocycles. The van der Waals surface area contributed by atoms with E-state index in [9.17, 15) is 0 Å². The monoisotopic (exact) mass is 381 g/mol. The minimum atomic E-state index is 0.668. The van der Waals surface area contributed by atoms with Gasteiger partial charge in [-0.25, -0.2) is 9.97 Å². The van der Waals surface area contributed by atoms with Gasteiger partial charge in [0.2, 0.25) is 5.96 Å². The third-order valence-corrected chi connectivity index (χ3v) is 5.88. The van der Waals surface area contributed by atoms with E-state index in [1.54, 1.807) is 22.7 Å². The van der Waals surface area contributed by atoms with Gasteiger partial charge in [0.25, 0.3) is 0 Å². The van der Waals surface area contributed by atoms with Crippen molar-refractivity contribution in [2.24, 2.45) is 4.99 Å². The minimum Gasteiger partial charge on any atom is -0.302 e. The zero-order chi connectivity index (χ0) is 18.1. The maximum Gasteiger partial charge on any atom is 0.203 e. The molecule has 0 fully saturated rings. The Kier molecular flexibility index (Phi) is 4.57. The van der Waals surface area contributed by atoms with Crippen LogP contribution in [0.15, 0.2) is 41.4 Å². The van der Waals surface area contributed by atoms with Gasteiger partial charge < -0.3 is 10.6 Å². The van der Waals surface area contributed by atoms with Crippen molar-refractivity contribution in [1.29, 1.82) is 0 Å². The molecule has 2 aromatic heterocycles. The average Bonchev–Trinajstić information content (AvgIpc) is 3.20. The van der Waals surface area contributed by atoms with E-state index in [2.05, 4.69) is 65.9 Å². The molecule has 0 atom stereocenters. The van der Waals surface area contributed by atoms with Crippen LogP contribution in [0.1, 0.15) is 18.1 Å². The van der Waals surface area contributed by atoms with Crippen molar-refractivity contribution in [3.8, 4) is 0 Å². The van der Waals surface area contributed by atoms with Crippen molar-refractivity contribution in [2.75, 3.05) is 17.2 Å². The van der Waals surface area contributed by atoms with Gasteiger partial charge >= 0.3 is 0 Å². The summed E-state index contributed by atoms with van der Waals surface area (Å²) in [5.41, 5.74) is 4.42. The first-order valence-corrected chi connectivity index (χ1v) is 10.1. The van der Waals surface area contributed by atoms with Crippen LogP contribution in [0.2, 0.25) is 0 Å². The molecule has 0 saturated heterocycles. The number of aryl methyl sites for hydroxylation is 2. The summed E-state index contributed by atoms with van der Waals surface area (Å²) in [4.78, 5) is 13.9. The summed E-state index contributed by atoms with van der Waals surface area (Å²) in [7, 11) is 0. The van der Waals surface area contributed by atoms with Crippen LogP contribution in [0.3, 0.4) is 0 Å². The van der Waals surface area contributed by atoms with Crippen molar-refractivity contribution in [3.63, 3.8) is 0 Å². The van der Waals surface area contributed by atoms with E-state index < -0.39 is 0 Å². The molecule has 132 valence electrons. The highest BCUT2D eigenvalue weighted by Crippen LogP contribution is 2.30. The molecule has 4 rings (SSSR count). The molecule has 2 N–H and O–H groups in total. The highest BCUT2D eigenvalue weighted by atomic mass is 32.1. The molecule has 26 heavy (non-hydrogen) atoms. The highest BCUT2D eigenvalue weighted by Gasteiger charge is 2.11. The Morgan fingerprint density at radius 3 is 1.81 bits per heavy atom. The molecule has 0 unspecified atom stereocenters. The molecule has 0 bridgehead atoms. The minimum absolute atomic E-state index is 0.668. The third kappa shape index (κ3) is 3.27. The lowest BCUT2D eigenvalue weighted by Gasteiger charge is -2.07. The predicted molar refractivity (Wildman–Crippen MR) is 114 cm³/mol. The zero-order valence-electron chi connectivity index (χ0n) is 14.8. The fourth-order valence-corrected chi connectivity index (χ4v) is 4.64. The Labute approximate surface area is 159 Å². The number of hydrogen-bond donors (Lipinski definition) is 2. The average molecular weight is 382 g/mol. The van der Waals surface area contributed by atoms with Crippen molar-refractivity contribution in [2.45, 2.75) is 20.8 Å². The highest BCUT2D eigenvalue weighted by molar-refractivity contribution is 7.23. The van der Waals surface area contributed by atoms with Crippen LogP contribution in [0.4, 0.5) is 10.3 Å². The van der Waals surface area contributed by atoms with Gasteiger partial charge in [0.1, 0.15) is 0 Å². The standard InChI is InChI=1S/C19H19N5S2/c1-4-20-17(23-18-21-15-11(2)7-5-9-13(15)25-18)24-19-22-16-12(3)8-6-10-14(16)26-19/h5-10H,4H2,1-3H3,(H2,20,21,22,23,24). The summed E-state index contributed by atoms with van der Waals surface area (Å²) in [6, 6.07) is 12.4. The van der Waals surface area contributed by atoms with Crippen molar-refractivity contribution in [1.82, 2.24) is 9.97 Å². The lowest BCUT2D eigenvalue weighted by Crippen LogP contribution is -2.22. The Balaban J connectivity index is 1.61. The Bertz CT molecular complexity index is 1030. The molecule has 0 aliphatic rings. The Morgan fingerprint density at radius 1 is 0.885 bits per heavy atom. The fourth-order valence-electron chi connectivity index (χ4n) is 2.75. The number of para-hydroxylation sites is 2. The molecule has 5 nitrogen and oxygen atoms in total. The third-order valence-electron chi connectivity index (χ3n) is 4.01. The van der Waals surface area contributed by atoms with Crippen LogP contribution < -0.4 is 10.6 Å². The molecule has 0 aliphatic carbocycles. The van der Waals surface area contributed by atoms with Gasteiger partial charge in [-0.1, -0.05) is 46.9 Å². The number of aromatic nitrogens is 2. The smallest absolute Gasteiger partial charge is 0.203 e. The quantitative estimate of drug-likeness (QED) is 0.367. The van der Waals surface area contributed by atoms with Crippen LogP contribution in [0.25, 0.3) is 20.4 Å². The summed E-state index contributed by atoms with van der Waals surface area (Å²) in [6.07, 6.45) is 0. The van der Waals surface area contributed by atoms with Crippen molar-refractivity contribution < 1.29 is 0 Å². The number of hydrogen-bond acceptors (Lipinski definition) is 5. The van der Waals surface area contributed by atoms with E-state index >= 15 is 0 Å². The normalized spacial score (nSPS) is 11.0. The van der Waals surface area contributed by atoms with Gasteiger partial charge in [0, 0.05) is 6.54 Å². The Morgan fingerprint density at radius 2 is 1.38 bits per heavy atom. The first kappa shape index (κ1) is 16.9. The number of nitrogens with one attached hydrogen (secondary N) is 2.